The third-order valence-electron chi connectivity index (χ3n) is 3.63. The molecule has 6 nitrogen and oxygen atoms in total. The number of anilines is 2. The minimum atomic E-state index is -4.66. The minimum absolute atomic E-state index is 0.0691. The second-order valence-electron chi connectivity index (χ2n) is 5.59. The van der Waals surface area contributed by atoms with Crippen LogP contribution in [0.1, 0.15) is 12.5 Å². The van der Waals surface area contributed by atoms with E-state index in [2.05, 4.69) is 10.0 Å². The van der Waals surface area contributed by atoms with Crippen LogP contribution in [-0.2, 0) is 21.0 Å². The van der Waals surface area contributed by atoms with Gasteiger partial charge in [-0.05, 0) is 43.3 Å². The molecule has 26 heavy (non-hydrogen) atoms. The number of sulfonamides is 1. The Kier molecular flexibility index (Phi) is 4.31. The molecule has 0 radical (unpaired) electrons. The first kappa shape index (κ1) is 18.1. The first-order valence-electron chi connectivity index (χ1n) is 7.38. The molecule has 1 atom stereocenters. The molecule has 138 valence electrons. The molecule has 1 aliphatic rings. The number of carbonyl (C=O) groups excluding carboxylic acids is 1. The molecule has 2 N–H and O–H groups in total. The van der Waals surface area contributed by atoms with Crippen LogP contribution in [-0.4, -0.2) is 20.4 Å². The van der Waals surface area contributed by atoms with Crippen molar-refractivity contribution in [3.63, 3.8) is 0 Å². The Morgan fingerprint density at radius 1 is 1.15 bits per heavy atom. The summed E-state index contributed by atoms with van der Waals surface area (Å²) in [5, 5.41) is 2.56. The summed E-state index contributed by atoms with van der Waals surface area (Å²) in [4.78, 5) is 11.1. The van der Waals surface area contributed by atoms with Crippen molar-refractivity contribution in [2.24, 2.45) is 0 Å². The topological polar surface area (TPSA) is 84.5 Å². The van der Waals surface area contributed by atoms with E-state index in [9.17, 15) is 26.4 Å². The van der Waals surface area contributed by atoms with Crippen LogP contribution in [0.15, 0.2) is 47.4 Å². The predicted octanol–water partition coefficient (Wildman–Crippen LogP) is 3.23. The summed E-state index contributed by atoms with van der Waals surface area (Å²) in [6, 6.07) is 7.56. The van der Waals surface area contributed by atoms with Crippen molar-refractivity contribution in [1.82, 2.24) is 0 Å². The van der Waals surface area contributed by atoms with Crippen molar-refractivity contribution in [3.05, 3.63) is 48.0 Å². The summed E-state index contributed by atoms with van der Waals surface area (Å²) in [6.07, 6.45) is -5.34. The molecule has 0 saturated carbocycles. The number of benzene rings is 2. The second kappa shape index (κ2) is 6.20. The molecule has 0 unspecified atom stereocenters. The highest BCUT2D eigenvalue weighted by Gasteiger charge is 2.32. The molecule has 1 heterocycles. The zero-order chi connectivity index (χ0) is 19.1. The van der Waals surface area contributed by atoms with Crippen LogP contribution >= 0.6 is 0 Å². The van der Waals surface area contributed by atoms with Gasteiger partial charge in [0.05, 0.1) is 21.8 Å². The van der Waals surface area contributed by atoms with Gasteiger partial charge >= 0.3 is 6.18 Å². The number of fused-ring (bicyclic) bond motifs is 1. The van der Waals surface area contributed by atoms with E-state index in [-0.39, 0.29) is 11.4 Å². The lowest BCUT2D eigenvalue weighted by atomic mass is 10.2. The van der Waals surface area contributed by atoms with Crippen molar-refractivity contribution in [2.45, 2.75) is 24.1 Å². The van der Waals surface area contributed by atoms with Gasteiger partial charge in [-0.15, -0.1) is 0 Å². The van der Waals surface area contributed by atoms with Gasteiger partial charge in [0.15, 0.2) is 6.10 Å². The van der Waals surface area contributed by atoms with E-state index in [0.29, 0.717) is 11.8 Å². The Hall–Kier alpha value is -2.75. The summed E-state index contributed by atoms with van der Waals surface area (Å²) in [6.45, 7) is 1.56. The fourth-order valence-electron chi connectivity index (χ4n) is 2.33. The third kappa shape index (κ3) is 3.59. The van der Waals surface area contributed by atoms with Gasteiger partial charge in [0.25, 0.3) is 15.9 Å². The van der Waals surface area contributed by atoms with Crippen LogP contribution in [0.2, 0.25) is 0 Å². The second-order valence-corrected chi connectivity index (χ2v) is 7.27. The summed E-state index contributed by atoms with van der Waals surface area (Å²) < 4.78 is 70.6. The average Bonchev–Trinajstić information content (AvgIpc) is 2.55. The third-order valence-corrected chi connectivity index (χ3v) is 5.01. The number of carbonyl (C=O) groups is 1. The Morgan fingerprint density at radius 2 is 1.88 bits per heavy atom. The number of amides is 1. The van der Waals surface area contributed by atoms with Crippen LogP contribution in [0.3, 0.4) is 0 Å². The largest absolute Gasteiger partial charge is 0.479 e. The zero-order valence-corrected chi connectivity index (χ0v) is 14.1. The first-order chi connectivity index (χ1) is 12.1. The fraction of sp³-hybridized carbons (Fsp3) is 0.188. The van der Waals surface area contributed by atoms with Crippen molar-refractivity contribution >= 4 is 27.3 Å². The standard InChI is InChI=1S/C16H13F3N2O4S/c1-9-15(22)20-13-8-11(5-6-14(13)25-9)21-26(23,24)12-4-2-3-10(7-12)16(17,18)19/h2-9,21H,1H3,(H,20,22)/t9-/m1/s1. The maximum atomic E-state index is 12.8. The number of ether oxygens (including phenoxy) is 1. The number of halogens is 3. The molecule has 0 spiro atoms. The molecular weight excluding hydrogens is 373 g/mol. The van der Waals surface area contributed by atoms with E-state index in [0.717, 1.165) is 18.2 Å². The highest BCUT2D eigenvalue weighted by molar-refractivity contribution is 7.92. The molecule has 2 aromatic carbocycles. The molecule has 1 aliphatic heterocycles. The molecule has 1 amide bonds. The Morgan fingerprint density at radius 3 is 2.58 bits per heavy atom. The number of rotatable bonds is 3. The molecule has 0 saturated heterocycles. The van der Waals surface area contributed by atoms with Crippen molar-refractivity contribution in [1.29, 1.82) is 0 Å². The zero-order valence-electron chi connectivity index (χ0n) is 13.3. The molecule has 0 aromatic heterocycles. The lowest BCUT2D eigenvalue weighted by Gasteiger charge is -2.23. The molecule has 2 aromatic rings. The van der Waals surface area contributed by atoms with Gasteiger partial charge in [0.2, 0.25) is 0 Å². The van der Waals surface area contributed by atoms with Crippen LogP contribution in [0, 0.1) is 0 Å². The molecule has 0 bridgehead atoms. The van der Waals surface area contributed by atoms with Gasteiger partial charge in [-0.2, -0.15) is 13.2 Å². The quantitative estimate of drug-likeness (QED) is 0.848. The van der Waals surface area contributed by atoms with Gasteiger partial charge in [-0.1, -0.05) is 6.07 Å². The molecule has 3 rings (SSSR count). The summed E-state index contributed by atoms with van der Waals surface area (Å²) in [5.74, 6) is -0.0329. The lowest BCUT2D eigenvalue weighted by Crippen LogP contribution is -2.34. The maximum Gasteiger partial charge on any atom is 0.416 e. The van der Waals surface area contributed by atoms with E-state index in [1.807, 2.05) is 0 Å². The van der Waals surface area contributed by atoms with Crippen molar-refractivity contribution in [3.8, 4) is 5.75 Å². The Balaban J connectivity index is 1.89. The van der Waals surface area contributed by atoms with E-state index in [1.54, 1.807) is 6.92 Å². The fourth-order valence-corrected chi connectivity index (χ4v) is 3.42. The highest BCUT2D eigenvalue weighted by Crippen LogP contribution is 2.34. The summed E-state index contributed by atoms with van der Waals surface area (Å²) in [5.41, 5.74) is -0.738. The van der Waals surface area contributed by atoms with E-state index >= 15 is 0 Å². The normalized spacial score (nSPS) is 17.1. The SMILES string of the molecule is C[C@H]1Oc2ccc(NS(=O)(=O)c3cccc(C(F)(F)F)c3)cc2NC1=O. The maximum absolute atomic E-state index is 12.8. The lowest BCUT2D eigenvalue weighted by molar-refractivity contribution is -0.137. The van der Waals surface area contributed by atoms with Crippen LogP contribution < -0.4 is 14.8 Å². The average molecular weight is 386 g/mol. The van der Waals surface area contributed by atoms with Gasteiger partial charge in [-0.25, -0.2) is 8.42 Å². The minimum Gasteiger partial charge on any atom is -0.479 e. The smallest absolute Gasteiger partial charge is 0.416 e. The Labute approximate surface area is 147 Å². The monoisotopic (exact) mass is 386 g/mol. The number of hydrogen-bond acceptors (Lipinski definition) is 4. The first-order valence-corrected chi connectivity index (χ1v) is 8.86. The van der Waals surface area contributed by atoms with E-state index in [4.69, 9.17) is 4.74 Å². The van der Waals surface area contributed by atoms with E-state index in [1.165, 1.54) is 18.2 Å². The van der Waals surface area contributed by atoms with Gasteiger partial charge in [0.1, 0.15) is 5.75 Å². The molecule has 0 aliphatic carbocycles. The molecule has 10 heteroatoms. The highest BCUT2D eigenvalue weighted by atomic mass is 32.2. The summed E-state index contributed by atoms with van der Waals surface area (Å²) >= 11 is 0. The van der Waals surface area contributed by atoms with Crippen LogP contribution in [0.5, 0.6) is 5.75 Å². The van der Waals surface area contributed by atoms with Crippen molar-refractivity contribution < 1.29 is 31.1 Å². The van der Waals surface area contributed by atoms with Crippen LogP contribution in [0.4, 0.5) is 24.5 Å². The number of alkyl halides is 3. The van der Waals surface area contributed by atoms with E-state index < -0.39 is 38.7 Å². The van der Waals surface area contributed by atoms with Gasteiger partial charge in [-0.3, -0.25) is 9.52 Å². The van der Waals surface area contributed by atoms with Crippen molar-refractivity contribution in [2.75, 3.05) is 10.0 Å². The van der Waals surface area contributed by atoms with Gasteiger partial charge < -0.3 is 10.1 Å². The number of hydrogen-bond donors (Lipinski definition) is 2. The molecule has 0 fully saturated rings. The van der Waals surface area contributed by atoms with Crippen LogP contribution in [0.25, 0.3) is 0 Å². The predicted molar refractivity (Wildman–Crippen MR) is 87.4 cm³/mol. The molecular formula is C16H13F3N2O4S. The summed E-state index contributed by atoms with van der Waals surface area (Å²) in [7, 11) is -4.25. The van der Waals surface area contributed by atoms with Gasteiger partial charge in [0, 0.05) is 0 Å². The Bertz CT molecular complexity index is 974. The number of nitrogens with one attached hydrogen (secondary N) is 2.